The number of anilines is 1. The molecule has 72 valence electrons. The molecule has 0 radical (unpaired) electrons. The lowest BCUT2D eigenvalue weighted by Crippen LogP contribution is -2.31. The summed E-state index contributed by atoms with van der Waals surface area (Å²) < 4.78 is 0. The standard InChI is InChI=1S/C12H19N/c1-4-10-13(11(2)3)12-8-6-5-7-9-12/h5-9,11H,4,10H2,1-3H3. The minimum Gasteiger partial charge on any atom is -0.369 e. The van der Waals surface area contributed by atoms with E-state index in [0.29, 0.717) is 6.04 Å². The van der Waals surface area contributed by atoms with Gasteiger partial charge in [0.25, 0.3) is 0 Å². The minimum absolute atomic E-state index is 0.586. The van der Waals surface area contributed by atoms with Crippen molar-refractivity contribution in [3.05, 3.63) is 30.3 Å². The van der Waals surface area contributed by atoms with Crippen LogP contribution in [0.1, 0.15) is 27.2 Å². The molecule has 1 heteroatoms. The summed E-state index contributed by atoms with van der Waals surface area (Å²) in [6.07, 6.45) is 1.20. The monoisotopic (exact) mass is 177 g/mol. The Bertz CT molecular complexity index is 228. The summed E-state index contributed by atoms with van der Waals surface area (Å²) in [5.74, 6) is 0. The molecule has 0 saturated heterocycles. The second kappa shape index (κ2) is 4.90. The van der Waals surface area contributed by atoms with Gasteiger partial charge in [0.1, 0.15) is 0 Å². The van der Waals surface area contributed by atoms with Crippen LogP contribution in [0.5, 0.6) is 0 Å². The first-order valence-corrected chi connectivity index (χ1v) is 5.07. The zero-order valence-corrected chi connectivity index (χ0v) is 8.83. The third-order valence-corrected chi connectivity index (χ3v) is 2.18. The van der Waals surface area contributed by atoms with Gasteiger partial charge >= 0.3 is 0 Å². The second-order valence-corrected chi connectivity index (χ2v) is 3.62. The summed E-state index contributed by atoms with van der Waals surface area (Å²) in [5.41, 5.74) is 1.33. The largest absolute Gasteiger partial charge is 0.369 e. The van der Waals surface area contributed by atoms with Gasteiger partial charge < -0.3 is 4.90 Å². The maximum absolute atomic E-state index is 2.43. The van der Waals surface area contributed by atoms with E-state index in [1.807, 2.05) is 0 Å². The smallest absolute Gasteiger partial charge is 0.0368 e. The van der Waals surface area contributed by atoms with Crippen LogP contribution >= 0.6 is 0 Å². The fraction of sp³-hybridized carbons (Fsp3) is 0.500. The molecule has 13 heavy (non-hydrogen) atoms. The molecule has 0 N–H and O–H groups in total. The summed E-state index contributed by atoms with van der Waals surface area (Å²) in [7, 11) is 0. The molecule has 1 aromatic rings. The molecule has 1 nitrogen and oxygen atoms in total. The van der Waals surface area contributed by atoms with Crippen molar-refractivity contribution in [2.45, 2.75) is 33.2 Å². The van der Waals surface area contributed by atoms with Gasteiger partial charge in [-0.3, -0.25) is 0 Å². The fourth-order valence-corrected chi connectivity index (χ4v) is 1.55. The summed E-state index contributed by atoms with van der Waals surface area (Å²) in [4.78, 5) is 2.43. The zero-order chi connectivity index (χ0) is 9.68. The maximum atomic E-state index is 2.43. The van der Waals surface area contributed by atoms with Crippen molar-refractivity contribution in [3.8, 4) is 0 Å². The second-order valence-electron chi connectivity index (χ2n) is 3.62. The Morgan fingerprint density at radius 2 is 1.77 bits per heavy atom. The van der Waals surface area contributed by atoms with Crippen LogP contribution in [-0.2, 0) is 0 Å². The van der Waals surface area contributed by atoms with Crippen LogP contribution in [0.2, 0.25) is 0 Å². The Morgan fingerprint density at radius 3 is 2.23 bits per heavy atom. The first-order chi connectivity index (χ1) is 6.25. The number of para-hydroxylation sites is 1. The van der Waals surface area contributed by atoms with E-state index in [2.05, 4.69) is 56.0 Å². The normalized spacial score (nSPS) is 10.5. The molecule has 0 bridgehead atoms. The lowest BCUT2D eigenvalue weighted by molar-refractivity contribution is 0.671. The van der Waals surface area contributed by atoms with Crippen molar-refractivity contribution >= 4 is 5.69 Å². The Hall–Kier alpha value is -0.980. The molecule has 0 spiro atoms. The minimum atomic E-state index is 0.586. The molecule has 0 saturated carbocycles. The van der Waals surface area contributed by atoms with Gasteiger partial charge in [-0.25, -0.2) is 0 Å². The Morgan fingerprint density at radius 1 is 1.15 bits per heavy atom. The van der Waals surface area contributed by atoms with E-state index < -0.39 is 0 Å². The highest BCUT2D eigenvalue weighted by molar-refractivity contribution is 5.46. The average molecular weight is 177 g/mol. The number of rotatable bonds is 4. The van der Waals surface area contributed by atoms with Gasteiger partial charge in [0, 0.05) is 18.3 Å². The number of hydrogen-bond acceptors (Lipinski definition) is 1. The first-order valence-electron chi connectivity index (χ1n) is 5.07. The van der Waals surface area contributed by atoms with Crippen LogP contribution in [0.25, 0.3) is 0 Å². The van der Waals surface area contributed by atoms with Crippen LogP contribution in [-0.4, -0.2) is 12.6 Å². The van der Waals surface area contributed by atoms with Gasteiger partial charge in [-0.05, 0) is 32.4 Å². The molecular formula is C12H19N. The molecule has 0 fully saturated rings. The third kappa shape index (κ3) is 2.76. The van der Waals surface area contributed by atoms with E-state index in [1.165, 1.54) is 12.1 Å². The number of nitrogens with zero attached hydrogens (tertiary/aromatic N) is 1. The van der Waals surface area contributed by atoms with Gasteiger partial charge in [-0.2, -0.15) is 0 Å². The van der Waals surface area contributed by atoms with Crippen molar-refractivity contribution in [2.24, 2.45) is 0 Å². The highest BCUT2D eigenvalue weighted by Gasteiger charge is 2.07. The Balaban J connectivity index is 2.76. The van der Waals surface area contributed by atoms with Crippen LogP contribution < -0.4 is 4.90 Å². The summed E-state index contributed by atoms with van der Waals surface area (Å²) >= 11 is 0. The van der Waals surface area contributed by atoms with E-state index in [-0.39, 0.29) is 0 Å². The van der Waals surface area contributed by atoms with Crippen molar-refractivity contribution in [2.75, 3.05) is 11.4 Å². The Labute approximate surface area is 81.4 Å². The average Bonchev–Trinajstić information content (AvgIpc) is 2.15. The molecule has 0 aromatic heterocycles. The summed E-state index contributed by atoms with van der Waals surface area (Å²) in [5, 5.41) is 0. The Kier molecular flexibility index (Phi) is 3.81. The van der Waals surface area contributed by atoms with Crippen molar-refractivity contribution in [1.29, 1.82) is 0 Å². The number of benzene rings is 1. The SMILES string of the molecule is CCCN(c1ccccc1)C(C)C. The molecule has 0 heterocycles. The van der Waals surface area contributed by atoms with Crippen LogP contribution in [0.15, 0.2) is 30.3 Å². The van der Waals surface area contributed by atoms with Crippen molar-refractivity contribution in [3.63, 3.8) is 0 Å². The van der Waals surface area contributed by atoms with Gasteiger partial charge in [0.2, 0.25) is 0 Å². The van der Waals surface area contributed by atoms with Gasteiger partial charge in [0.15, 0.2) is 0 Å². The van der Waals surface area contributed by atoms with Crippen molar-refractivity contribution < 1.29 is 0 Å². The van der Waals surface area contributed by atoms with E-state index in [0.717, 1.165) is 6.54 Å². The highest BCUT2D eigenvalue weighted by atomic mass is 15.1. The molecular weight excluding hydrogens is 158 g/mol. The molecule has 0 unspecified atom stereocenters. The molecule has 1 aromatic carbocycles. The molecule has 0 amide bonds. The lowest BCUT2D eigenvalue weighted by atomic mass is 10.2. The molecule has 0 aliphatic heterocycles. The predicted molar refractivity (Wildman–Crippen MR) is 59.2 cm³/mol. The van der Waals surface area contributed by atoms with Crippen LogP contribution in [0.4, 0.5) is 5.69 Å². The molecule has 1 rings (SSSR count). The van der Waals surface area contributed by atoms with E-state index >= 15 is 0 Å². The highest BCUT2D eigenvalue weighted by Crippen LogP contribution is 2.16. The van der Waals surface area contributed by atoms with Crippen LogP contribution in [0, 0.1) is 0 Å². The first kappa shape index (κ1) is 10.1. The summed E-state index contributed by atoms with van der Waals surface area (Å²) in [6, 6.07) is 11.2. The van der Waals surface area contributed by atoms with Crippen molar-refractivity contribution in [1.82, 2.24) is 0 Å². The molecule has 0 aliphatic carbocycles. The van der Waals surface area contributed by atoms with E-state index in [9.17, 15) is 0 Å². The quantitative estimate of drug-likeness (QED) is 0.682. The van der Waals surface area contributed by atoms with Gasteiger partial charge in [-0.15, -0.1) is 0 Å². The third-order valence-electron chi connectivity index (χ3n) is 2.18. The van der Waals surface area contributed by atoms with E-state index in [1.54, 1.807) is 0 Å². The summed E-state index contributed by atoms with van der Waals surface area (Å²) in [6.45, 7) is 7.84. The molecule has 0 atom stereocenters. The predicted octanol–water partition coefficient (Wildman–Crippen LogP) is 3.31. The fourth-order valence-electron chi connectivity index (χ4n) is 1.55. The maximum Gasteiger partial charge on any atom is 0.0368 e. The molecule has 0 aliphatic rings. The topological polar surface area (TPSA) is 3.24 Å². The lowest BCUT2D eigenvalue weighted by Gasteiger charge is -2.28. The van der Waals surface area contributed by atoms with Gasteiger partial charge in [0.05, 0.1) is 0 Å². The van der Waals surface area contributed by atoms with Crippen LogP contribution in [0.3, 0.4) is 0 Å². The van der Waals surface area contributed by atoms with E-state index in [4.69, 9.17) is 0 Å². The zero-order valence-electron chi connectivity index (χ0n) is 8.83. The number of hydrogen-bond donors (Lipinski definition) is 0. The van der Waals surface area contributed by atoms with Gasteiger partial charge in [-0.1, -0.05) is 25.1 Å².